The highest BCUT2D eigenvalue weighted by atomic mass is 19.3. The topological polar surface area (TPSA) is 107 Å². The van der Waals surface area contributed by atoms with Crippen LogP contribution in [0.15, 0.2) is 24.5 Å². The lowest BCUT2D eigenvalue weighted by molar-refractivity contribution is -0.112. The number of nitrogens with zero attached hydrogens (tertiary/aromatic N) is 6. The first-order valence-electron chi connectivity index (χ1n) is 11.3. The van der Waals surface area contributed by atoms with E-state index >= 15 is 0 Å². The van der Waals surface area contributed by atoms with Gasteiger partial charge in [-0.1, -0.05) is 0 Å². The maximum atomic E-state index is 13.7. The third-order valence-corrected chi connectivity index (χ3v) is 6.44. The van der Waals surface area contributed by atoms with Gasteiger partial charge in [-0.2, -0.15) is 5.10 Å². The molecule has 1 N–H and O–H groups in total. The number of rotatable bonds is 6. The highest BCUT2D eigenvalue weighted by molar-refractivity contribution is 6.03. The van der Waals surface area contributed by atoms with Gasteiger partial charge in [-0.15, -0.1) is 5.10 Å². The summed E-state index contributed by atoms with van der Waals surface area (Å²) in [7, 11) is 0. The molecular formula is C22H25F2N7O3. The molecule has 1 saturated heterocycles. The summed E-state index contributed by atoms with van der Waals surface area (Å²) in [6.45, 7) is 2.54. The maximum Gasteiger partial charge on any atom is 0.284 e. The van der Waals surface area contributed by atoms with Crippen molar-refractivity contribution >= 4 is 29.3 Å². The summed E-state index contributed by atoms with van der Waals surface area (Å²) in [4.78, 5) is 30.3. The summed E-state index contributed by atoms with van der Waals surface area (Å²) in [6, 6.07) is 3.49. The normalized spacial score (nSPS) is 21.2. The molecule has 2 fully saturated rings. The van der Waals surface area contributed by atoms with Crippen molar-refractivity contribution in [2.24, 2.45) is 5.92 Å². The van der Waals surface area contributed by atoms with E-state index in [0.717, 1.165) is 6.29 Å². The number of alkyl halides is 2. The summed E-state index contributed by atoms with van der Waals surface area (Å²) < 4.78 is 35.7. The van der Waals surface area contributed by atoms with E-state index in [1.165, 1.54) is 21.6 Å². The van der Waals surface area contributed by atoms with E-state index in [-0.39, 0.29) is 23.3 Å². The lowest BCUT2D eigenvalue weighted by Crippen LogP contribution is -2.37. The van der Waals surface area contributed by atoms with Gasteiger partial charge in [-0.3, -0.25) is 9.48 Å². The number of aldehydes is 1. The van der Waals surface area contributed by atoms with Gasteiger partial charge in [0.2, 0.25) is 0 Å². The van der Waals surface area contributed by atoms with Gasteiger partial charge in [0, 0.05) is 25.2 Å². The largest absolute Gasteiger partial charge is 0.378 e. The Kier molecular flexibility index (Phi) is 6.22. The number of nitrogens with one attached hydrogen (secondary N) is 1. The number of morpholine rings is 1. The third-order valence-electron chi connectivity index (χ3n) is 6.44. The fourth-order valence-corrected chi connectivity index (χ4v) is 4.52. The molecule has 0 unspecified atom stereocenters. The van der Waals surface area contributed by atoms with Crippen molar-refractivity contribution < 1.29 is 23.1 Å². The number of halogens is 2. The molecule has 0 spiro atoms. The van der Waals surface area contributed by atoms with E-state index in [1.807, 2.05) is 11.0 Å². The van der Waals surface area contributed by atoms with Crippen LogP contribution in [0.1, 0.15) is 54.3 Å². The molecule has 10 nitrogen and oxygen atoms in total. The highest BCUT2D eigenvalue weighted by Crippen LogP contribution is 2.34. The van der Waals surface area contributed by atoms with Gasteiger partial charge in [0.25, 0.3) is 12.3 Å². The number of fused-ring (bicyclic) bond motifs is 1. The van der Waals surface area contributed by atoms with Crippen LogP contribution in [0.2, 0.25) is 0 Å². The number of carbonyl (C=O) groups is 2. The molecule has 12 heteroatoms. The zero-order valence-corrected chi connectivity index (χ0v) is 18.4. The van der Waals surface area contributed by atoms with Gasteiger partial charge < -0.3 is 19.7 Å². The first-order valence-corrected chi connectivity index (χ1v) is 11.3. The Hall–Kier alpha value is -3.41. The second-order valence-electron chi connectivity index (χ2n) is 8.57. The number of ether oxygens (including phenoxy) is 1. The molecule has 1 aliphatic heterocycles. The van der Waals surface area contributed by atoms with Crippen LogP contribution in [0, 0.1) is 5.92 Å². The van der Waals surface area contributed by atoms with Crippen molar-refractivity contribution in [1.29, 1.82) is 0 Å². The molecule has 0 atom stereocenters. The van der Waals surface area contributed by atoms with Gasteiger partial charge in [-0.25, -0.2) is 18.3 Å². The second-order valence-corrected chi connectivity index (χ2v) is 8.57. The molecule has 2 aliphatic rings. The van der Waals surface area contributed by atoms with Crippen LogP contribution < -0.4 is 10.2 Å². The summed E-state index contributed by atoms with van der Waals surface area (Å²) in [5, 5.41) is 11.2. The molecule has 0 bridgehead atoms. The van der Waals surface area contributed by atoms with Crippen LogP contribution in [0.5, 0.6) is 0 Å². The SMILES string of the molecule is O=CC1CCC(n2cc(NC(=O)c3cnc4ccc(N5CCOCC5)nn34)c(C(F)F)n2)CC1. The zero-order valence-electron chi connectivity index (χ0n) is 18.4. The Morgan fingerprint density at radius 1 is 1.15 bits per heavy atom. The Labute approximate surface area is 193 Å². The molecule has 34 heavy (non-hydrogen) atoms. The summed E-state index contributed by atoms with van der Waals surface area (Å²) in [5.41, 5.74) is 0.0712. The molecule has 180 valence electrons. The minimum atomic E-state index is -2.85. The molecule has 1 saturated carbocycles. The molecule has 0 radical (unpaired) electrons. The van der Waals surface area contributed by atoms with Crippen molar-refractivity contribution in [1.82, 2.24) is 24.4 Å². The van der Waals surface area contributed by atoms with Crippen LogP contribution in [0.3, 0.4) is 0 Å². The van der Waals surface area contributed by atoms with E-state index in [4.69, 9.17) is 4.74 Å². The molecular weight excluding hydrogens is 448 g/mol. The lowest BCUT2D eigenvalue weighted by Gasteiger charge is -2.27. The first kappa shape index (κ1) is 22.4. The predicted molar refractivity (Wildman–Crippen MR) is 118 cm³/mol. The second kappa shape index (κ2) is 9.45. The number of aromatic nitrogens is 5. The number of hydrogen-bond donors (Lipinski definition) is 1. The lowest BCUT2D eigenvalue weighted by atomic mass is 9.87. The van der Waals surface area contributed by atoms with E-state index in [1.54, 1.807) is 6.07 Å². The Balaban J connectivity index is 1.38. The van der Waals surface area contributed by atoms with Gasteiger partial charge >= 0.3 is 0 Å². The zero-order chi connectivity index (χ0) is 23.7. The number of hydrogen-bond acceptors (Lipinski definition) is 7. The molecule has 3 aromatic heterocycles. The van der Waals surface area contributed by atoms with E-state index < -0.39 is 18.0 Å². The number of carbonyl (C=O) groups excluding carboxylic acids is 2. The summed E-state index contributed by atoms with van der Waals surface area (Å²) in [6.07, 6.45) is 3.64. The van der Waals surface area contributed by atoms with Gasteiger partial charge in [0.1, 0.15) is 12.1 Å². The quantitative estimate of drug-likeness (QED) is 0.549. The van der Waals surface area contributed by atoms with Crippen LogP contribution in [-0.4, -0.2) is 62.9 Å². The van der Waals surface area contributed by atoms with Crippen LogP contribution in [0.25, 0.3) is 5.65 Å². The number of anilines is 2. The van der Waals surface area contributed by atoms with Crippen LogP contribution >= 0.6 is 0 Å². The van der Waals surface area contributed by atoms with Crippen molar-refractivity contribution in [2.75, 3.05) is 36.5 Å². The summed E-state index contributed by atoms with van der Waals surface area (Å²) >= 11 is 0. The average molecular weight is 473 g/mol. The Morgan fingerprint density at radius 2 is 1.91 bits per heavy atom. The van der Waals surface area contributed by atoms with Crippen molar-refractivity contribution in [2.45, 2.75) is 38.2 Å². The summed E-state index contributed by atoms with van der Waals surface area (Å²) in [5.74, 6) is 0.0747. The monoisotopic (exact) mass is 473 g/mol. The third kappa shape index (κ3) is 4.37. The Bertz CT molecular complexity index is 1180. The Morgan fingerprint density at radius 3 is 2.62 bits per heavy atom. The van der Waals surface area contributed by atoms with Gasteiger partial charge in [-0.05, 0) is 37.8 Å². The maximum absolute atomic E-state index is 13.7. The minimum absolute atomic E-state index is 0.00514. The van der Waals surface area contributed by atoms with Crippen molar-refractivity contribution in [3.05, 3.63) is 35.9 Å². The van der Waals surface area contributed by atoms with E-state index in [0.29, 0.717) is 63.5 Å². The average Bonchev–Trinajstić information content (AvgIpc) is 3.49. The fraction of sp³-hybridized carbons (Fsp3) is 0.500. The number of amides is 1. The van der Waals surface area contributed by atoms with Crippen LogP contribution in [-0.2, 0) is 9.53 Å². The molecule has 0 aromatic carbocycles. The minimum Gasteiger partial charge on any atom is -0.378 e. The molecule has 5 rings (SSSR count). The van der Waals surface area contributed by atoms with Gasteiger partial charge in [0.05, 0.1) is 31.1 Å². The van der Waals surface area contributed by atoms with E-state index in [2.05, 4.69) is 20.5 Å². The molecule has 1 amide bonds. The van der Waals surface area contributed by atoms with Gasteiger partial charge in [0.15, 0.2) is 17.0 Å². The molecule has 3 aromatic rings. The van der Waals surface area contributed by atoms with E-state index in [9.17, 15) is 18.4 Å². The highest BCUT2D eigenvalue weighted by Gasteiger charge is 2.27. The molecule has 4 heterocycles. The fourth-order valence-electron chi connectivity index (χ4n) is 4.52. The predicted octanol–water partition coefficient (Wildman–Crippen LogP) is 2.88. The first-order chi connectivity index (χ1) is 16.5. The standard InChI is InChI=1S/C22H25F2N7O3/c23-21(24)20-16(12-30(28-20)15-3-1-14(13-32)2-4-15)26-22(33)17-11-25-18-5-6-19(27-31(17)18)29-7-9-34-10-8-29/h5-6,11-15,21H,1-4,7-10H2,(H,26,33). The number of imidazole rings is 1. The van der Waals surface area contributed by atoms with Crippen molar-refractivity contribution in [3.8, 4) is 0 Å². The smallest absolute Gasteiger partial charge is 0.284 e. The van der Waals surface area contributed by atoms with Crippen molar-refractivity contribution in [3.63, 3.8) is 0 Å². The molecule has 1 aliphatic carbocycles. The van der Waals surface area contributed by atoms with Crippen LogP contribution in [0.4, 0.5) is 20.3 Å².